The van der Waals surface area contributed by atoms with Gasteiger partial charge in [0, 0.05) is 18.6 Å². The SMILES string of the molecule is CC[C@@]1(C)C[C@@](CCNCc2ccc(OC)c(OC)c2)(c2ccc(F)cc2)CCO1. The van der Waals surface area contributed by atoms with Crippen molar-refractivity contribution < 1.29 is 18.6 Å². The van der Waals surface area contributed by atoms with Crippen molar-refractivity contribution in [2.75, 3.05) is 27.4 Å². The smallest absolute Gasteiger partial charge is 0.161 e. The highest BCUT2D eigenvalue weighted by Gasteiger charge is 2.43. The first-order chi connectivity index (χ1) is 14.4. The molecule has 0 radical (unpaired) electrons. The number of benzene rings is 2. The number of ether oxygens (including phenoxy) is 3. The summed E-state index contributed by atoms with van der Waals surface area (Å²) in [5.41, 5.74) is 2.20. The van der Waals surface area contributed by atoms with Crippen molar-refractivity contribution in [1.29, 1.82) is 0 Å². The molecule has 1 N–H and O–H groups in total. The maximum atomic E-state index is 13.6. The van der Waals surface area contributed by atoms with Crippen molar-refractivity contribution >= 4 is 0 Å². The predicted octanol–water partition coefficient (Wildman–Crippen LogP) is 5.24. The fourth-order valence-corrected chi connectivity index (χ4v) is 4.53. The molecule has 164 valence electrons. The number of nitrogens with one attached hydrogen (secondary N) is 1. The third-order valence-corrected chi connectivity index (χ3v) is 6.51. The molecule has 1 heterocycles. The van der Waals surface area contributed by atoms with Crippen LogP contribution in [0.5, 0.6) is 11.5 Å². The molecule has 0 spiro atoms. The lowest BCUT2D eigenvalue weighted by atomic mass is 9.66. The summed E-state index contributed by atoms with van der Waals surface area (Å²) in [7, 11) is 3.29. The van der Waals surface area contributed by atoms with Crippen LogP contribution in [-0.2, 0) is 16.7 Å². The fraction of sp³-hybridized carbons (Fsp3) is 0.520. The zero-order valence-corrected chi connectivity index (χ0v) is 18.6. The molecule has 30 heavy (non-hydrogen) atoms. The highest BCUT2D eigenvalue weighted by molar-refractivity contribution is 5.42. The first-order valence-electron chi connectivity index (χ1n) is 10.8. The van der Waals surface area contributed by atoms with E-state index in [0.717, 1.165) is 62.4 Å². The van der Waals surface area contributed by atoms with Gasteiger partial charge in [0.2, 0.25) is 0 Å². The maximum absolute atomic E-state index is 13.6. The summed E-state index contributed by atoms with van der Waals surface area (Å²) in [6.45, 7) is 6.72. The standard InChI is InChI=1S/C25H34FNO3/c1-5-24(2)18-25(13-15-30-24,20-7-9-21(26)10-8-20)12-14-27-17-19-6-11-22(28-3)23(16-19)29-4/h6-11,16,27H,5,12-15,17-18H2,1-4H3/t24-,25-/m0/s1. The summed E-state index contributed by atoms with van der Waals surface area (Å²) in [6.07, 6.45) is 3.84. The largest absolute Gasteiger partial charge is 0.493 e. The molecule has 2 aromatic carbocycles. The van der Waals surface area contributed by atoms with E-state index in [0.29, 0.717) is 0 Å². The van der Waals surface area contributed by atoms with Crippen LogP contribution >= 0.6 is 0 Å². The highest BCUT2D eigenvalue weighted by Crippen LogP contribution is 2.45. The molecule has 1 aliphatic heterocycles. The Labute approximate surface area is 179 Å². The average molecular weight is 416 g/mol. The van der Waals surface area contributed by atoms with E-state index < -0.39 is 0 Å². The summed E-state index contributed by atoms with van der Waals surface area (Å²) >= 11 is 0. The van der Waals surface area contributed by atoms with Crippen LogP contribution in [0.3, 0.4) is 0 Å². The summed E-state index contributed by atoms with van der Waals surface area (Å²) in [5, 5.41) is 3.58. The Hall–Kier alpha value is -2.11. The third-order valence-electron chi connectivity index (χ3n) is 6.51. The summed E-state index contributed by atoms with van der Waals surface area (Å²) in [4.78, 5) is 0. The fourth-order valence-electron chi connectivity index (χ4n) is 4.53. The van der Waals surface area contributed by atoms with Gasteiger partial charge in [0.15, 0.2) is 11.5 Å². The Morgan fingerprint density at radius 3 is 2.47 bits per heavy atom. The van der Waals surface area contributed by atoms with Gasteiger partial charge in [0.25, 0.3) is 0 Å². The van der Waals surface area contributed by atoms with Gasteiger partial charge >= 0.3 is 0 Å². The van der Waals surface area contributed by atoms with Gasteiger partial charge in [-0.25, -0.2) is 4.39 Å². The molecule has 2 aromatic rings. The number of halogens is 1. The highest BCUT2D eigenvalue weighted by atomic mass is 19.1. The number of hydrogen-bond donors (Lipinski definition) is 1. The molecule has 4 nitrogen and oxygen atoms in total. The second-order valence-electron chi connectivity index (χ2n) is 8.48. The maximum Gasteiger partial charge on any atom is 0.161 e. The molecule has 1 saturated heterocycles. The molecule has 0 aliphatic carbocycles. The van der Waals surface area contributed by atoms with Crippen LogP contribution in [0.1, 0.15) is 50.7 Å². The molecule has 0 amide bonds. The molecule has 0 bridgehead atoms. The topological polar surface area (TPSA) is 39.7 Å². The minimum atomic E-state index is -0.189. The van der Waals surface area contributed by atoms with Gasteiger partial charge in [-0.05, 0) is 74.5 Å². The van der Waals surface area contributed by atoms with Gasteiger partial charge in [-0.15, -0.1) is 0 Å². The zero-order valence-electron chi connectivity index (χ0n) is 18.6. The van der Waals surface area contributed by atoms with E-state index in [4.69, 9.17) is 14.2 Å². The Kier molecular flexibility index (Phi) is 7.37. The lowest BCUT2D eigenvalue weighted by molar-refractivity contribution is -0.0979. The molecule has 3 rings (SSSR count). The number of hydrogen-bond acceptors (Lipinski definition) is 4. The Morgan fingerprint density at radius 2 is 1.80 bits per heavy atom. The molecule has 0 unspecified atom stereocenters. The van der Waals surface area contributed by atoms with E-state index in [2.05, 4.69) is 19.2 Å². The quantitative estimate of drug-likeness (QED) is 0.569. The van der Waals surface area contributed by atoms with E-state index in [9.17, 15) is 4.39 Å². The summed E-state index contributed by atoms with van der Waals surface area (Å²) in [6, 6.07) is 13.0. The van der Waals surface area contributed by atoms with Crippen LogP contribution in [0.2, 0.25) is 0 Å². The molecule has 0 aromatic heterocycles. The Bertz CT molecular complexity index is 826. The first-order valence-corrected chi connectivity index (χ1v) is 10.8. The first kappa shape index (κ1) is 22.6. The molecule has 5 heteroatoms. The number of methoxy groups -OCH3 is 2. The lowest BCUT2D eigenvalue weighted by Gasteiger charge is -2.47. The molecule has 1 fully saturated rings. The van der Waals surface area contributed by atoms with Gasteiger partial charge in [-0.3, -0.25) is 0 Å². The lowest BCUT2D eigenvalue weighted by Crippen LogP contribution is -2.46. The molecule has 2 atom stereocenters. The second kappa shape index (κ2) is 9.80. The zero-order chi connectivity index (χ0) is 21.6. The molecule has 0 saturated carbocycles. The third kappa shape index (κ3) is 5.13. The van der Waals surface area contributed by atoms with Crippen molar-refractivity contribution in [2.45, 2.75) is 57.1 Å². The molecular formula is C25H34FNO3. The van der Waals surface area contributed by atoms with Gasteiger partial charge in [0.1, 0.15) is 5.82 Å². The monoisotopic (exact) mass is 415 g/mol. The summed E-state index contributed by atoms with van der Waals surface area (Å²) in [5.74, 6) is 1.28. The Morgan fingerprint density at radius 1 is 1.07 bits per heavy atom. The van der Waals surface area contributed by atoms with E-state index in [1.165, 1.54) is 5.56 Å². The van der Waals surface area contributed by atoms with Gasteiger partial charge in [-0.2, -0.15) is 0 Å². The predicted molar refractivity (Wildman–Crippen MR) is 118 cm³/mol. The van der Waals surface area contributed by atoms with Crippen molar-refractivity contribution in [3.63, 3.8) is 0 Å². The van der Waals surface area contributed by atoms with E-state index in [1.54, 1.807) is 26.4 Å². The average Bonchev–Trinajstić information content (AvgIpc) is 2.77. The van der Waals surface area contributed by atoms with Crippen LogP contribution in [0, 0.1) is 5.82 Å². The van der Waals surface area contributed by atoms with Crippen LogP contribution in [-0.4, -0.2) is 33.0 Å². The van der Waals surface area contributed by atoms with Crippen molar-refractivity contribution in [3.8, 4) is 11.5 Å². The van der Waals surface area contributed by atoms with Crippen molar-refractivity contribution in [1.82, 2.24) is 5.32 Å². The molecule has 1 aliphatic rings. The van der Waals surface area contributed by atoms with E-state index in [1.807, 2.05) is 30.3 Å². The normalized spacial score (nSPS) is 23.9. The second-order valence-corrected chi connectivity index (χ2v) is 8.48. The van der Waals surface area contributed by atoms with Gasteiger partial charge in [0.05, 0.1) is 19.8 Å². The Balaban J connectivity index is 1.69. The van der Waals surface area contributed by atoms with E-state index >= 15 is 0 Å². The van der Waals surface area contributed by atoms with Crippen molar-refractivity contribution in [3.05, 3.63) is 59.4 Å². The van der Waals surface area contributed by atoms with E-state index in [-0.39, 0.29) is 16.8 Å². The number of rotatable bonds is 9. The van der Waals surface area contributed by atoms with Gasteiger partial charge in [-0.1, -0.05) is 25.1 Å². The van der Waals surface area contributed by atoms with Crippen molar-refractivity contribution in [2.24, 2.45) is 0 Å². The van der Waals surface area contributed by atoms with Crippen LogP contribution in [0.25, 0.3) is 0 Å². The molecular weight excluding hydrogens is 381 g/mol. The van der Waals surface area contributed by atoms with Crippen LogP contribution in [0.15, 0.2) is 42.5 Å². The van der Waals surface area contributed by atoms with Crippen LogP contribution < -0.4 is 14.8 Å². The van der Waals surface area contributed by atoms with Gasteiger partial charge < -0.3 is 19.5 Å². The van der Waals surface area contributed by atoms with Crippen LogP contribution in [0.4, 0.5) is 4.39 Å². The summed E-state index contributed by atoms with van der Waals surface area (Å²) < 4.78 is 30.4. The minimum Gasteiger partial charge on any atom is -0.493 e. The minimum absolute atomic E-state index is 0.0126.